The average molecular weight is 386 g/mol. The number of nitrogens with one attached hydrogen (secondary N) is 2. The van der Waals surface area contributed by atoms with Gasteiger partial charge < -0.3 is 10.6 Å². The Labute approximate surface area is 171 Å². The molecule has 0 atom stereocenters. The summed E-state index contributed by atoms with van der Waals surface area (Å²) in [6.45, 7) is 8.46. The Kier molecular flexibility index (Phi) is 6.07. The summed E-state index contributed by atoms with van der Waals surface area (Å²) in [5, 5.41) is 6.08. The molecule has 0 unspecified atom stereocenters. The quantitative estimate of drug-likeness (QED) is 0.570. The molecule has 5 nitrogen and oxygen atoms in total. The minimum Gasteiger partial charge on any atom is -0.340 e. The normalized spacial score (nSPS) is 11.4. The Balaban J connectivity index is 1.57. The Morgan fingerprint density at radius 2 is 1.59 bits per heavy atom. The summed E-state index contributed by atoms with van der Waals surface area (Å²) in [6.07, 6.45) is 4.88. The lowest BCUT2D eigenvalue weighted by Crippen LogP contribution is -2.10. The van der Waals surface area contributed by atoms with Crippen LogP contribution in [0.5, 0.6) is 0 Å². The fraction of sp³-hybridized carbons (Fsp3) is 0.208. The highest BCUT2D eigenvalue weighted by molar-refractivity contribution is 6.02. The van der Waals surface area contributed by atoms with Crippen molar-refractivity contribution in [2.45, 2.75) is 33.1 Å². The molecule has 0 spiro atoms. The summed E-state index contributed by atoms with van der Waals surface area (Å²) in [4.78, 5) is 20.4. The van der Waals surface area contributed by atoms with Gasteiger partial charge in [-0.1, -0.05) is 45.0 Å². The van der Waals surface area contributed by atoms with Crippen LogP contribution in [0.4, 0.5) is 17.2 Å². The lowest BCUT2D eigenvalue weighted by molar-refractivity contribution is -0.111. The van der Waals surface area contributed by atoms with E-state index in [-0.39, 0.29) is 11.3 Å². The van der Waals surface area contributed by atoms with Gasteiger partial charge in [-0.15, -0.1) is 0 Å². The maximum Gasteiger partial charge on any atom is 0.248 e. The number of benzene rings is 2. The molecule has 1 aromatic heterocycles. The van der Waals surface area contributed by atoms with Gasteiger partial charge in [-0.05, 0) is 53.8 Å². The molecule has 1 amide bonds. The van der Waals surface area contributed by atoms with Crippen LogP contribution in [-0.4, -0.2) is 15.9 Å². The predicted octanol–water partition coefficient (Wildman–Crippen LogP) is 5.48. The fourth-order valence-corrected chi connectivity index (χ4v) is 2.76. The number of aryl methyl sites for hydroxylation is 1. The van der Waals surface area contributed by atoms with Crippen molar-refractivity contribution in [3.63, 3.8) is 0 Å². The summed E-state index contributed by atoms with van der Waals surface area (Å²) in [6, 6.07) is 17.6. The van der Waals surface area contributed by atoms with Crippen LogP contribution in [0.1, 0.15) is 37.6 Å². The molecule has 2 aromatic carbocycles. The van der Waals surface area contributed by atoms with E-state index >= 15 is 0 Å². The second-order valence-corrected chi connectivity index (χ2v) is 7.94. The Morgan fingerprint density at radius 3 is 2.21 bits per heavy atom. The summed E-state index contributed by atoms with van der Waals surface area (Å²) in [7, 11) is 0. The largest absolute Gasteiger partial charge is 0.340 e. The van der Waals surface area contributed by atoms with E-state index in [1.54, 1.807) is 6.08 Å². The van der Waals surface area contributed by atoms with E-state index in [2.05, 4.69) is 53.5 Å². The van der Waals surface area contributed by atoms with Crippen LogP contribution in [-0.2, 0) is 10.2 Å². The molecule has 0 radical (unpaired) electrons. The molecular weight excluding hydrogens is 360 g/mol. The van der Waals surface area contributed by atoms with Crippen molar-refractivity contribution < 1.29 is 4.79 Å². The third-order valence-electron chi connectivity index (χ3n) is 4.43. The Bertz CT molecular complexity index is 1000. The van der Waals surface area contributed by atoms with Gasteiger partial charge in [0.2, 0.25) is 5.91 Å². The maximum absolute atomic E-state index is 12.2. The van der Waals surface area contributed by atoms with Gasteiger partial charge in [-0.2, -0.15) is 0 Å². The lowest BCUT2D eigenvalue weighted by atomic mass is 9.87. The number of hydrogen-bond acceptors (Lipinski definition) is 4. The zero-order valence-corrected chi connectivity index (χ0v) is 17.2. The van der Waals surface area contributed by atoms with E-state index in [1.165, 1.54) is 11.9 Å². The second kappa shape index (κ2) is 8.69. The maximum atomic E-state index is 12.2. The van der Waals surface area contributed by atoms with Crippen LogP contribution in [0.15, 0.2) is 67.0 Å². The summed E-state index contributed by atoms with van der Waals surface area (Å²) >= 11 is 0. The van der Waals surface area contributed by atoms with Gasteiger partial charge in [0, 0.05) is 29.2 Å². The van der Waals surface area contributed by atoms with Crippen molar-refractivity contribution in [3.8, 4) is 0 Å². The standard InChI is InChI=1S/C24H26N4O/c1-17-15-22(26-16-25-17)27-20-10-12-21(13-11-20)28-23(29)14-7-18-5-8-19(9-6-18)24(2,3)4/h5-16H,1-4H3,(H,28,29)(H,25,26,27)/b14-7+. The minimum absolute atomic E-state index is 0.118. The number of nitrogens with zero attached hydrogens (tertiary/aromatic N) is 2. The number of anilines is 3. The number of rotatable bonds is 5. The van der Waals surface area contributed by atoms with Crippen LogP contribution in [0, 0.1) is 6.92 Å². The van der Waals surface area contributed by atoms with Crippen LogP contribution >= 0.6 is 0 Å². The van der Waals surface area contributed by atoms with Gasteiger partial charge in [-0.25, -0.2) is 9.97 Å². The first-order chi connectivity index (χ1) is 13.8. The Morgan fingerprint density at radius 1 is 0.931 bits per heavy atom. The first-order valence-corrected chi connectivity index (χ1v) is 9.55. The average Bonchev–Trinajstić information content (AvgIpc) is 2.68. The van der Waals surface area contributed by atoms with Crippen molar-refractivity contribution in [2.75, 3.05) is 10.6 Å². The van der Waals surface area contributed by atoms with Crippen LogP contribution in [0.3, 0.4) is 0 Å². The second-order valence-electron chi connectivity index (χ2n) is 7.94. The van der Waals surface area contributed by atoms with E-state index in [4.69, 9.17) is 0 Å². The van der Waals surface area contributed by atoms with Gasteiger partial charge in [0.05, 0.1) is 0 Å². The van der Waals surface area contributed by atoms with Crippen LogP contribution in [0.25, 0.3) is 6.08 Å². The van der Waals surface area contributed by atoms with Gasteiger partial charge in [0.1, 0.15) is 12.1 Å². The Hall–Kier alpha value is -3.47. The molecule has 3 aromatic rings. The molecule has 5 heteroatoms. The molecule has 29 heavy (non-hydrogen) atoms. The number of hydrogen-bond donors (Lipinski definition) is 2. The van der Waals surface area contributed by atoms with Crippen molar-refractivity contribution in [2.24, 2.45) is 0 Å². The molecule has 148 valence electrons. The molecule has 0 saturated heterocycles. The smallest absolute Gasteiger partial charge is 0.248 e. The van der Waals surface area contributed by atoms with Crippen molar-refractivity contribution >= 4 is 29.2 Å². The molecular formula is C24H26N4O. The lowest BCUT2D eigenvalue weighted by Gasteiger charge is -2.18. The molecule has 2 N–H and O–H groups in total. The minimum atomic E-state index is -0.169. The number of amides is 1. The fourth-order valence-electron chi connectivity index (χ4n) is 2.76. The van der Waals surface area contributed by atoms with Crippen LogP contribution < -0.4 is 10.6 Å². The summed E-state index contributed by atoms with van der Waals surface area (Å²) < 4.78 is 0. The van der Waals surface area contributed by atoms with Gasteiger partial charge in [-0.3, -0.25) is 4.79 Å². The molecule has 0 saturated carbocycles. The van der Waals surface area contributed by atoms with Crippen molar-refractivity contribution in [1.29, 1.82) is 0 Å². The molecule has 0 aliphatic carbocycles. The van der Waals surface area contributed by atoms with E-state index in [0.29, 0.717) is 0 Å². The zero-order chi connectivity index (χ0) is 20.9. The zero-order valence-electron chi connectivity index (χ0n) is 17.2. The monoisotopic (exact) mass is 386 g/mol. The third-order valence-corrected chi connectivity index (χ3v) is 4.43. The highest BCUT2D eigenvalue weighted by Gasteiger charge is 2.12. The molecule has 1 heterocycles. The van der Waals surface area contributed by atoms with E-state index in [1.807, 2.05) is 55.5 Å². The molecule has 0 aliphatic heterocycles. The number of carbonyl (C=O) groups excluding carboxylic acids is 1. The van der Waals surface area contributed by atoms with Gasteiger partial charge >= 0.3 is 0 Å². The molecule has 0 bridgehead atoms. The highest BCUT2D eigenvalue weighted by Crippen LogP contribution is 2.22. The van der Waals surface area contributed by atoms with Gasteiger partial charge in [0.25, 0.3) is 0 Å². The molecule has 3 rings (SSSR count). The number of carbonyl (C=O) groups is 1. The topological polar surface area (TPSA) is 66.9 Å². The highest BCUT2D eigenvalue weighted by atomic mass is 16.1. The van der Waals surface area contributed by atoms with E-state index in [9.17, 15) is 4.79 Å². The first kappa shape index (κ1) is 20.3. The molecule has 0 aliphatic rings. The summed E-state index contributed by atoms with van der Waals surface area (Å²) in [5.74, 6) is 0.562. The third kappa shape index (κ3) is 6.01. The van der Waals surface area contributed by atoms with E-state index in [0.717, 1.165) is 28.5 Å². The molecule has 0 fully saturated rings. The summed E-state index contributed by atoms with van der Waals surface area (Å²) in [5.41, 5.74) is 4.89. The van der Waals surface area contributed by atoms with E-state index < -0.39 is 0 Å². The van der Waals surface area contributed by atoms with Crippen LogP contribution in [0.2, 0.25) is 0 Å². The SMILES string of the molecule is Cc1cc(Nc2ccc(NC(=O)/C=C/c3ccc(C(C)(C)C)cc3)cc2)ncn1. The van der Waals surface area contributed by atoms with Gasteiger partial charge in [0.15, 0.2) is 0 Å². The first-order valence-electron chi connectivity index (χ1n) is 9.55. The predicted molar refractivity (Wildman–Crippen MR) is 119 cm³/mol. The number of aromatic nitrogens is 2. The van der Waals surface area contributed by atoms with Crippen molar-refractivity contribution in [1.82, 2.24) is 9.97 Å². The van der Waals surface area contributed by atoms with Crippen molar-refractivity contribution in [3.05, 3.63) is 83.8 Å².